The maximum atomic E-state index is 5.03. The number of rotatable bonds is 7. The number of hydrogen-bond donors (Lipinski definition) is 0. The van der Waals surface area contributed by atoms with Gasteiger partial charge in [0.2, 0.25) is 0 Å². The summed E-state index contributed by atoms with van der Waals surface area (Å²) in [6, 6.07) is 0. The van der Waals surface area contributed by atoms with Gasteiger partial charge >= 0.3 is 0 Å². The van der Waals surface area contributed by atoms with E-state index in [4.69, 9.17) is 4.74 Å². The number of methoxy groups -OCH3 is 1. The highest BCUT2D eigenvalue weighted by Gasteiger charge is 2.09. The number of halogens is 1. The van der Waals surface area contributed by atoms with Gasteiger partial charge in [0, 0.05) is 26.7 Å². The molecule has 0 N–H and O–H groups in total. The zero-order valence-electron chi connectivity index (χ0n) is 9.37. The Morgan fingerprint density at radius 1 is 1.33 bits per heavy atom. The molecular formula is C10H18BrN3O. The molecule has 0 aliphatic rings. The van der Waals surface area contributed by atoms with E-state index in [2.05, 4.69) is 37.6 Å². The molecule has 5 heteroatoms. The van der Waals surface area contributed by atoms with E-state index in [0.717, 1.165) is 49.4 Å². The Morgan fingerprint density at radius 2 is 2.07 bits per heavy atom. The fourth-order valence-corrected chi connectivity index (χ4v) is 1.93. The zero-order chi connectivity index (χ0) is 11.1. The van der Waals surface area contributed by atoms with Crippen LogP contribution in [0.3, 0.4) is 0 Å². The highest BCUT2D eigenvalue weighted by atomic mass is 79.9. The molecule has 0 bridgehead atoms. The van der Waals surface area contributed by atoms with Gasteiger partial charge in [-0.05, 0) is 12.8 Å². The summed E-state index contributed by atoms with van der Waals surface area (Å²) >= 11 is 3.43. The van der Waals surface area contributed by atoms with Crippen molar-refractivity contribution >= 4 is 15.9 Å². The van der Waals surface area contributed by atoms with E-state index in [9.17, 15) is 0 Å². The Hall–Kier alpha value is -0.420. The summed E-state index contributed by atoms with van der Waals surface area (Å²) in [5.74, 6) is 2.09. The molecule has 0 saturated carbocycles. The van der Waals surface area contributed by atoms with Gasteiger partial charge in [-0.1, -0.05) is 22.9 Å². The highest BCUT2D eigenvalue weighted by molar-refractivity contribution is 9.08. The third kappa shape index (κ3) is 3.57. The van der Waals surface area contributed by atoms with Crippen molar-refractivity contribution in [3.63, 3.8) is 0 Å². The first-order chi connectivity index (χ1) is 7.33. The summed E-state index contributed by atoms with van der Waals surface area (Å²) < 4.78 is 7.23. The second-order valence-corrected chi connectivity index (χ2v) is 3.97. The van der Waals surface area contributed by atoms with Crippen LogP contribution in [0.5, 0.6) is 0 Å². The lowest BCUT2D eigenvalue weighted by atomic mass is 10.3. The van der Waals surface area contributed by atoms with E-state index < -0.39 is 0 Å². The molecule has 0 saturated heterocycles. The molecule has 1 aromatic heterocycles. The zero-order valence-corrected chi connectivity index (χ0v) is 11.0. The monoisotopic (exact) mass is 275 g/mol. The molecule has 0 unspecified atom stereocenters. The molecule has 0 aliphatic heterocycles. The molecule has 0 atom stereocenters. The molecule has 0 radical (unpaired) electrons. The van der Waals surface area contributed by atoms with E-state index in [1.807, 2.05) is 0 Å². The van der Waals surface area contributed by atoms with Crippen molar-refractivity contribution in [3.05, 3.63) is 11.6 Å². The minimum absolute atomic E-state index is 0.768. The van der Waals surface area contributed by atoms with Crippen LogP contribution in [0.15, 0.2) is 0 Å². The highest BCUT2D eigenvalue weighted by Crippen LogP contribution is 2.09. The number of alkyl halides is 1. The van der Waals surface area contributed by atoms with Gasteiger partial charge in [0.1, 0.15) is 11.6 Å². The van der Waals surface area contributed by atoms with Crippen molar-refractivity contribution < 1.29 is 4.74 Å². The van der Waals surface area contributed by atoms with Crippen molar-refractivity contribution in [2.45, 2.75) is 38.1 Å². The Morgan fingerprint density at radius 3 is 2.67 bits per heavy atom. The van der Waals surface area contributed by atoms with Crippen molar-refractivity contribution in [2.75, 3.05) is 13.7 Å². The lowest BCUT2D eigenvalue weighted by Gasteiger charge is -2.07. The van der Waals surface area contributed by atoms with E-state index in [-0.39, 0.29) is 0 Å². The lowest BCUT2D eigenvalue weighted by molar-refractivity contribution is 0.194. The van der Waals surface area contributed by atoms with Gasteiger partial charge in [-0.3, -0.25) is 0 Å². The van der Waals surface area contributed by atoms with E-state index in [1.54, 1.807) is 7.11 Å². The summed E-state index contributed by atoms with van der Waals surface area (Å²) in [4.78, 5) is 0. The van der Waals surface area contributed by atoms with Crippen LogP contribution in [0.1, 0.15) is 31.4 Å². The SMILES string of the molecule is CCCn1c(CBr)nnc1CCCOC. The molecule has 0 aliphatic carbocycles. The number of hydrogen-bond acceptors (Lipinski definition) is 3. The average molecular weight is 276 g/mol. The second-order valence-electron chi connectivity index (χ2n) is 3.41. The quantitative estimate of drug-likeness (QED) is 0.566. The Kier molecular flexibility index (Phi) is 5.86. The third-order valence-electron chi connectivity index (χ3n) is 2.22. The third-order valence-corrected chi connectivity index (χ3v) is 2.72. The summed E-state index contributed by atoms with van der Waals surface area (Å²) in [5.41, 5.74) is 0. The Balaban J connectivity index is 2.64. The summed E-state index contributed by atoms with van der Waals surface area (Å²) in [6.45, 7) is 3.94. The van der Waals surface area contributed by atoms with Crippen LogP contribution < -0.4 is 0 Å². The van der Waals surface area contributed by atoms with Crippen molar-refractivity contribution in [1.82, 2.24) is 14.8 Å². The molecule has 86 valence electrons. The van der Waals surface area contributed by atoms with Gasteiger partial charge in [0.15, 0.2) is 0 Å². The molecule has 4 nitrogen and oxygen atoms in total. The number of aromatic nitrogens is 3. The minimum atomic E-state index is 0.768. The molecule has 0 aromatic carbocycles. The van der Waals surface area contributed by atoms with Crippen LogP contribution in [-0.2, 0) is 23.0 Å². The maximum Gasteiger partial charge on any atom is 0.143 e. The van der Waals surface area contributed by atoms with Gasteiger partial charge in [-0.15, -0.1) is 10.2 Å². The Labute approximate surface area is 99.2 Å². The first kappa shape index (κ1) is 12.6. The average Bonchev–Trinajstić information content (AvgIpc) is 2.62. The van der Waals surface area contributed by atoms with E-state index >= 15 is 0 Å². The molecular weight excluding hydrogens is 258 g/mol. The first-order valence-corrected chi connectivity index (χ1v) is 6.41. The van der Waals surface area contributed by atoms with Crippen molar-refractivity contribution in [3.8, 4) is 0 Å². The molecule has 15 heavy (non-hydrogen) atoms. The molecule has 1 heterocycles. The summed E-state index contributed by atoms with van der Waals surface area (Å²) in [6.07, 6.45) is 3.05. The number of aryl methyl sites for hydroxylation is 1. The first-order valence-electron chi connectivity index (χ1n) is 5.29. The van der Waals surface area contributed by atoms with Crippen LogP contribution in [0, 0.1) is 0 Å². The van der Waals surface area contributed by atoms with E-state index in [1.165, 1.54) is 0 Å². The lowest BCUT2D eigenvalue weighted by Crippen LogP contribution is -2.07. The molecule has 0 fully saturated rings. The van der Waals surface area contributed by atoms with Crippen molar-refractivity contribution in [2.24, 2.45) is 0 Å². The van der Waals surface area contributed by atoms with Gasteiger partial charge in [0.25, 0.3) is 0 Å². The van der Waals surface area contributed by atoms with Crippen LogP contribution in [-0.4, -0.2) is 28.5 Å². The number of nitrogens with zero attached hydrogens (tertiary/aromatic N) is 3. The van der Waals surface area contributed by atoms with Crippen molar-refractivity contribution in [1.29, 1.82) is 0 Å². The summed E-state index contributed by atoms with van der Waals surface area (Å²) in [5, 5.41) is 9.13. The molecule has 1 aromatic rings. The fourth-order valence-electron chi connectivity index (χ4n) is 1.51. The standard InChI is InChI=1S/C10H18BrN3O/c1-3-6-14-9(5-4-7-15-2)12-13-10(14)8-11/h3-8H2,1-2H3. The topological polar surface area (TPSA) is 39.9 Å². The predicted octanol–water partition coefficient (Wildman–Crippen LogP) is 2.16. The predicted molar refractivity (Wildman–Crippen MR) is 63.1 cm³/mol. The van der Waals surface area contributed by atoms with Crippen LogP contribution >= 0.6 is 15.9 Å². The van der Waals surface area contributed by atoms with Gasteiger partial charge in [-0.25, -0.2) is 0 Å². The second kappa shape index (κ2) is 6.95. The minimum Gasteiger partial charge on any atom is -0.385 e. The largest absolute Gasteiger partial charge is 0.385 e. The van der Waals surface area contributed by atoms with E-state index in [0.29, 0.717) is 0 Å². The molecule has 0 amide bonds. The van der Waals surface area contributed by atoms with Gasteiger partial charge in [0.05, 0.1) is 5.33 Å². The number of ether oxygens (including phenoxy) is 1. The normalized spacial score (nSPS) is 10.9. The Bertz CT molecular complexity index is 288. The van der Waals surface area contributed by atoms with Crippen LogP contribution in [0.25, 0.3) is 0 Å². The van der Waals surface area contributed by atoms with Crippen LogP contribution in [0.4, 0.5) is 0 Å². The maximum absolute atomic E-state index is 5.03. The smallest absolute Gasteiger partial charge is 0.143 e. The fraction of sp³-hybridized carbons (Fsp3) is 0.800. The molecule has 1 rings (SSSR count). The summed E-state index contributed by atoms with van der Waals surface area (Å²) in [7, 11) is 1.72. The molecule has 0 spiro atoms. The van der Waals surface area contributed by atoms with Gasteiger partial charge in [-0.2, -0.15) is 0 Å². The van der Waals surface area contributed by atoms with Crippen LogP contribution in [0.2, 0.25) is 0 Å². The van der Waals surface area contributed by atoms with Gasteiger partial charge < -0.3 is 9.30 Å².